The van der Waals surface area contributed by atoms with Gasteiger partial charge in [-0.15, -0.1) is 0 Å². The number of rotatable bonds is 5. The zero-order valence-corrected chi connectivity index (χ0v) is 13.8. The lowest BCUT2D eigenvalue weighted by Gasteiger charge is -2.51. The molecular weight excluding hydrogens is 302 g/mol. The summed E-state index contributed by atoms with van der Waals surface area (Å²) in [6.07, 6.45) is 0. The Bertz CT molecular complexity index is 646. The molecule has 2 aromatic carbocycles. The highest BCUT2D eigenvalue weighted by molar-refractivity contribution is 5.34. The molecule has 126 valence electrons. The van der Waals surface area contributed by atoms with Crippen LogP contribution in [0.25, 0.3) is 0 Å². The smallest absolute Gasteiger partial charge is 0.119 e. The van der Waals surface area contributed by atoms with Crippen LogP contribution in [0.15, 0.2) is 54.6 Å². The van der Waals surface area contributed by atoms with Gasteiger partial charge in [0.15, 0.2) is 0 Å². The summed E-state index contributed by atoms with van der Waals surface area (Å²) >= 11 is 0. The third-order valence-electron chi connectivity index (χ3n) is 4.94. The largest absolute Gasteiger partial charge is 0.489 e. The lowest BCUT2D eigenvalue weighted by molar-refractivity contribution is -0.166. The molecule has 4 nitrogen and oxygen atoms in total. The molecule has 0 amide bonds. The van der Waals surface area contributed by atoms with Gasteiger partial charge in [0.25, 0.3) is 0 Å². The van der Waals surface area contributed by atoms with Gasteiger partial charge >= 0.3 is 0 Å². The average molecular weight is 325 g/mol. The van der Waals surface area contributed by atoms with Crippen molar-refractivity contribution < 1.29 is 14.2 Å². The van der Waals surface area contributed by atoms with Crippen molar-refractivity contribution in [2.75, 3.05) is 39.5 Å². The Hall–Kier alpha value is -1.88. The highest BCUT2D eigenvalue weighted by Crippen LogP contribution is 2.37. The molecule has 4 rings (SSSR count). The van der Waals surface area contributed by atoms with Crippen molar-refractivity contribution in [3.8, 4) is 5.75 Å². The maximum Gasteiger partial charge on any atom is 0.119 e. The fourth-order valence-corrected chi connectivity index (χ4v) is 3.42. The fraction of sp³-hybridized carbons (Fsp3) is 0.400. The molecule has 2 saturated heterocycles. The van der Waals surface area contributed by atoms with Gasteiger partial charge in [0.05, 0.1) is 32.0 Å². The van der Waals surface area contributed by atoms with E-state index in [1.54, 1.807) is 0 Å². The van der Waals surface area contributed by atoms with E-state index in [2.05, 4.69) is 41.3 Å². The van der Waals surface area contributed by atoms with Gasteiger partial charge in [-0.1, -0.05) is 42.5 Å². The minimum atomic E-state index is 0.0156. The number of nitrogens with zero attached hydrogens (tertiary/aromatic N) is 1. The van der Waals surface area contributed by atoms with E-state index < -0.39 is 0 Å². The standard InChI is InChI=1S/C20H23NO3/c1-2-4-17(5-3-1)14-24-19-8-6-18(7-9-19)20(15-23-16-20)21-10-12-22-13-11-21/h1-9H,10-16H2. The second kappa shape index (κ2) is 6.93. The molecule has 4 heteroatoms. The Morgan fingerprint density at radius 1 is 0.875 bits per heavy atom. The van der Waals surface area contributed by atoms with Gasteiger partial charge in [0.1, 0.15) is 12.4 Å². The van der Waals surface area contributed by atoms with Crippen LogP contribution in [0, 0.1) is 0 Å². The molecule has 0 aliphatic carbocycles. The van der Waals surface area contributed by atoms with Crippen molar-refractivity contribution in [3.05, 3.63) is 65.7 Å². The molecular formula is C20H23NO3. The van der Waals surface area contributed by atoms with Crippen LogP contribution in [-0.4, -0.2) is 44.4 Å². The van der Waals surface area contributed by atoms with E-state index in [0.29, 0.717) is 6.61 Å². The molecule has 2 aliphatic rings. The second-order valence-electron chi connectivity index (χ2n) is 6.42. The Morgan fingerprint density at radius 2 is 1.58 bits per heavy atom. The van der Waals surface area contributed by atoms with Gasteiger partial charge < -0.3 is 14.2 Å². The van der Waals surface area contributed by atoms with Crippen molar-refractivity contribution in [2.24, 2.45) is 0 Å². The van der Waals surface area contributed by atoms with Gasteiger partial charge in [-0.25, -0.2) is 0 Å². The topological polar surface area (TPSA) is 30.9 Å². The minimum absolute atomic E-state index is 0.0156. The number of hydrogen-bond acceptors (Lipinski definition) is 4. The summed E-state index contributed by atoms with van der Waals surface area (Å²) in [7, 11) is 0. The van der Waals surface area contributed by atoms with Gasteiger partial charge in [-0.2, -0.15) is 0 Å². The average Bonchev–Trinajstić information content (AvgIpc) is 2.62. The lowest BCUT2D eigenvalue weighted by Crippen LogP contribution is -2.62. The maximum absolute atomic E-state index is 5.89. The third kappa shape index (κ3) is 3.05. The Morgan fingerprint density at radius 3 is 2.21 bits per heavy atom. The first-order chi connectivity index (χ1) is 11.9. The number of hydrogen-bond donors (Lipinski definition) is 0. The monoisotopic (exact) mass is 325 g/mol. The Balaban J connectivity index is 1.44. The molecule has 0 radical (unpaired) electrons. The first-order valence-corrected chi connectivity index (χ1v) is 8.55. The summed E-state index contributed by atoms with van der Waals surface area (Å²) < 4.78 is 16.9. The van der Waals surface area contributed by atoms with Crippen molar-refractivity contribution in [2.45, 2.75) is 12.1 Å². The van der Waals surface area contributed by atoms with Gasteiger partial charge in [0.2, 0.25) is 0 Å². The highest BCUT2D eigenvalue weighted by atomic mass is 16.5. The predicted molar refractivity (Wildman–Crippen MR) is 92.1 cm³/mol. The van der Waals surface area contributed by atoms with Gasteiger partial charge in [-0.3, -0.25) is 4.90 Å². The third-order valence-corrected chi connectivity index (χ3v) is 4.94. The van der Waals surface area contributed by atoms with E-state index in [0.717, 1.165) is 45.3 Å². The van der Waals surface area contributed by atoms with Crippen LogP contribution in [-0.2, 0) is 21.6 Å². The minimum Gasteiger partial charge on any atom is -0.489 e. The normalized spacial score (nSPS) is 20.3. The second-order valence-corrected chi connectivity index (χ2v) is 6.42. The van der Waals surface area contributed by atoms with Crippen LogP contribution in [0.5, 0.6) is 5.75 Å². The molecule has 0 atom stereocenters. The van der Waals surface area contributed by atoms with Crippen LogP contribution >= 0.6 is 0 Å². The van der Waals surface area contributed by atoms with Gasteiger partial charge in [0, 0.05) is 13.1 Å². The van der Waals surface area contributed by atoms with Crippen LogP contribution in [0.2, 0.25) is 0 Å². The first-order valence-electron chi connectivity index (χ1n) is 8.55. The highest BCUT2D eigenvalue weighted by Gasteiger charge is 2.45. The van der Waals surface area contributed by atoms with Crippen molar-refractivity contribution in [3.63, 3.8) is 0 Å². The quantitative estimate of drug-likeness (QED) is 0.846. The Kier molecular flexibility index (Phi) is 4.52. The molecule has 2 aromatic rings. The zero-order valence-electron chi connectivity index (χ0n) is 13.8. The molecule has 2 heterocycles. The van der Waals surface area contributed by atoms with E-state index >= 15 is 0 Å². The van der Waals surface area contributed by atoms with E-state index in [1.165, 1.54) is 11.1 Å². The molecule has 0 spiro atoms. The summed E-state index contributed by atoms with van der Waals surface area (Å²) in [4.78, 5) is 2.50. The summed E-state index contributed by atoms with van der Waals surface area (Å²) in [5, 5.41) is 0. The molecule has 24 heavy (non-hydrogen) atoms. The van der Waals surface area contributed by atoms with E-state index in [1.807, 2.05) is 18.2 Å². The van der Waals surface area contributed by atoms with Crippen molar-refractivity contribution >= 4 is 0 Å². The van der Waals surface area contributed by atoms with Gasteiger partial charge in [-0.05, 0) is 23.3 Å². The number of ether oxygens (including phenoxy) is 3. The molecule has 0 aromatic heterocycles. The van der Waals surface area contributed by atoms with Crippen molar-refractivity contribution in [1.82, 2.24) is 4.90 Å². The number of morpholine rings is 1. The summed E-state index contributed by atoms with van der Waals surface area (Å²) in [6.45, 7) is 5.66. The van der Waals surface area contributed by atoms with Crippen LogP contribution in [0.3, 0.4) is 0 Å². The van der Waals surface area contributed by atoms with Crippen molar-refractivity contribution in [1.29, 1.82) is 0 Å². The van der Waals surface area contributed by atoms with E-state index in [9.17, 15) is 0 Å². The molecule has 0 saturated carbocycles. The summed E-state index contributed by atoms with van der Waals surface area (Å²) in [6, 6.07) is 18.7. The number of benzene rings is 2. The summed E-state index contributed by atoms with van der Waals surface area (Å²) in [5.74, 6) is 0.903. The van der Waals surface area contributed by atoms with E-state index in [4.69, 9.17) is 14.2 Å². The van der Waals surface area contributed by atoms with Crippen LogP contribution < -0.4 is 4.74 Å². The first kappa shape index (κ1) is 15.6. The fourth-order valence-electron chi connectivity index (χ4n) is 3.42. The molecule has 0 bridgehead atoms. The molecule has 0 N–H and O–H groups in total. The Labute approximate surface area is 142 Å². The van der Waals surface area contributed by atoms with Crippen LogP contribution in [0.1, 0.15) is 11.1 Å². The van der Waals surface area contributed by atoms with E-state index in [-0.39, 0.29) is 5.54 Å². The predicted octanol–water partition coefficient (Wildman–Crippen LogP) is 2.82. The molecule has 2 aliphatic heterocycles. The zero-order chi connectivity index (χ0) is 16.2. The molecule has 0 unspecified atom stereocenters. The SMILES string of the molecule is c1ccc(COc2ccc(C3(N4CCOCC4)COC3)cc2)cc1. The lowest BCUT2D eigenvalue weighted by atomic mass is 9.85. The molecule has 2 fully saturated rings. The van der Waals surface area contributed by atoms with Crippen LogP contribution in [0.4, 0.5) is 0 Å². The maximum atomic E-state index is 5.89. The summed E-state index contributed by atoms with van der Waals surface area (Å²) in [5.41, 5.74) is 2.50.